The maximum Gasteiger partial charge on any atom is 0.240 e. The van der Waals surface area contributed by atoms with Crippen molar-refractivity contribution in [1.29, 1.82) is 0 Å². The van der Waals surface area contributed by atoms with Crippen molar-refractivity contribution >= 4 is 10.0 Å². The van der Waals surface area contributed by atoms with Gasteiger partial charge in [0.05, 0.1) is 11.5 Å². The summed E-state index contributed by atoms with van der Waals surface area (Å²) in [6.45, 7) is 2.30. The van der Waals surface area contributed by atoms with Crippen LogP contribution in [0.3, 0.4) is 0 Å². The standard InChI is InChI=1S/C16H21NO3S/c1-13-8-9-14(5-2-3-10-18)11-16(13)21(19,20)17-12-15-6-4-7-15/h8-9,11,15,17-18H,3-4,6-7,10,12H2,1H3. The summed E-state index contributed by atoms with van der Waals surface area (Å²) in [4.78, 5) is 0.289. The van der Waals surface area contributed by atoms with Gasteiger partial charge in [-0.1, -0.05) is 24.3 Å². The molecule has 5 heteroatoms. The van der Waals surface area contributed by atoms with Gasteiger partial charge >= 0.3 is 0 Å². The van der Waals surface area contributed by atoms with Gasteiger partial charge in [0.15, 0.2) is 0 Å². The molecule has 1 fully saturated rings. The lowest BCUT2D eigenvalue weighted by Crippen LogP contribution is -2.32. The predicted octanol–water partition coefficient (Wildman–Crippen LogP) is 1.81. The van der Waals surface area contributed by atoms with Gasteiger partial charge in [0.1, 0.15) is 0 Å². The van der Waals surface area contributed by atoms with Gasteiger partial charge in [-0.05, 0) is 43.4 Å². The van der Waals surface area contributed by atoms with E-state index in [9.17, 15) is 8.42 Å². The molecule has 0 saturated heterocycles. The maximum absolute atomic E-state index is 12.4. The molecule has 0 amide bonds. The topological polar surface area (TPSA) is 66.4 Å². The van der Waals surface area contributed by atoms with Crippen LogP contribution in [0.5, 0.6) is 0 Å². The lowest BCUT2D eigenvalue weighted by molar-refractivity contribution is 0.305. The van der Waals surface area contributed by atoms with Crippen LogP contribution in [0, 0.1) is 24.7 Å². The van der Waals surface area contributed by atoms with Crippen LogP contribution in [0.4, 0.5) is 0 Å². The number of benzene rings is 1. The number of hydrogen-bond donors (Lipinski definition) is 2. The second kappa shape index (κ2) is 7.08. The summed E-state index contributed by atoms with van der Waals surface area (Å²) >= 11 is 0. The Morgan fingerprint density at radius 2 is 2.14 bits per heavy atom. The average Bonchev–Trinajstić information content (AvgIpc) is 2.39. The summed E-state index contributed by atoms with van der Waals surface area (Å²) < 4.78 is 27.5. The Bertz CT molecular complexity index is 652. The van der Waals surface area contributed by atoms with Crippen LogP contribution in [-0.4, -0.2) is 26.7 Å². The molecular weight excluding hydrogens is 286 g/mol. The number of aliphatic hydroxyl groups is 1. The molecule has 2 rings (SSSR count). The molecule has 0 atom stereocenters. The van der Waals surface area contributed by atoms with Crippen molar-refractivity contribution in [2.24, 2.45) is 5.92 Å². The fraction of sp³-hybridized carbons (Fsp3) is 0.500. The molecule has 0 radical (unpaired) electrons. The van der Waals surface area contributed by atoms with E-state index in [1.807, 2.05) is 0 Å². The number of nitrogens with one attached hydrogen (secondary N) is 1. The van der Waals surface area contributed by atoms with E-state index in [0.29, 0.717) is 30.0 Å². The molecule has 0 heterocycles. The Morgan fingerprint density at radius 3 is 2.76 bits per heavy atom. The van der Waals surface area contributed by atoms with Gasteiger partial charge in [-0.15, -0.1) is 0 Å². The van der Waals surface area contributed by atoms with Crippen molar-refractivity contribution in [3.05, 3.63) is 29.3 Å². The average molecular weight is 307 g/mol. The number of rotatable bonds is 5. The molecule has 0 bridgehead atoms. The molecular formula is C16H21NO3S. The van der Waals surface area contributed by atoms with E-state index in [-0.39, 0.29) is 11.5 Å². The first-order chi connectivity index (χ1) is 10.0. The SMILES string of the molecule is Cc1ccc(C#CCCO)cc1S(=O)(=O)NCC1CCC1. The van der Waals surface area contributed by atoms with E-state index in [0.717, 1.165) is 12.8 Å². The van der Waals surface area contributed by atoms with Crippen molar-refractivity contribution in [3.63, 3.8) is 0 Å². The zero-order valence-electron chi connectivity index (χ0n) is 12.2. The summed E-state index contributed by atoms with van der Waals surface area (Å²) in [6.07, 6.45) is 3.79. The summed E-state index contributed by atoms with van der Waals surface area (Å²) in [7, 11) is -3.48. The fourth-order valence-corrected chi connectivity index (χ4v) is 3.57. The highest BCUT2D eigenvalue weighted by Gasteiger charge is 2.22. The molecule has 21 heavy (non-hydrogen) atoms. The summed E-state index contributed by atoms with van der Waals surface area (Å²) in [6, 6.07) is 5.16. The zero-order chi connectivity index (χ0) is 15.3. The van der Waals surface area contributed by atoms with Crippen LogP contribution in [0.15, 0.2) is 23.1 Å². The third kappa shape index (κ3) is 4.31. The van der Waals surface area contributed by atoms with Gasteiger partial charge in [0.2, 0.25) is 10.0 Å². The Morgan fingerprint density at radius 1 is 1.38 bits per heavy atom. The highest BCUT2D eigenvalue weighted by molar-refractivity contribution is 7.89. The molecule has 2 N–H and O–H groups in total. The summed E-state index contributed by atoms with van der Waals surface area (Å²) in [5.41, 5.74) is 1.36. The highest BCUT2D eigenvalue weighted by atomic mass is 32.2. The lowest BCUT2D eigenvalue weighted by Gasteiger charge is -2.25. The van der Waals surface area contributed by atoms with Crippen molar-refractivity contribution in [1.82, 2.24) is 4.72 Å². The van der Waals surface area contributed by atoms with Crippen LogP contribution in [-0.2, 0) is 10.0 Å². The Hall–Kier alpha value is -1.35. The molecule has 1 aliphatic rings. The number of sulfonamides is 1. The molecule has 1 aromatic carbocycles. The molecule has 114 valence electrons. The smallest absolute Gasteiger partial charge is 0.240 e. The number of aliphatic hydroxyl groups excluding tert-OH is 1. The normalized spacial score (nSPS) is 15.1. The summed E-state index contributed by atoms with van der Waals surface area (Å²) in [5.74, 6) is 6.15. The third-order valence-electron chi connectivity index (χ3n) is 3.73. The van der Waals surface area contributed by atoms with E-state index in [2.05, 4.69) is 16.6 Å². The van der Waals surface area contributed by atoms with Crippen molar-refractivity contribution in [2.45, 2.75) is 37.5 Å². The maximum atomic E-state index is 12.4. The van der Waals surface area contributed by atoms with E-state index < -0.39 is 10.0 Å². The molecule has 0 aliphatic heterocycles. The van der Waals surface area contributed by atoms with Crippen LogP contribution < -0.4 is 4.72 Å². The molecule has 0 spiro atoms. The largest absolute Gasteiger partial charge is 0.395 e. The number of hydrogen-bond acceptors (Lipinski definition) is 3. The van der Waals surface area contributed by atoms with Crippen molar-refractivity contribution < 1.29 is 13.5 Å². The van der Waals surface area contributed by atoms with Crippen molar-refractivity contribution in [2.75, 3.05) is 13.2 Å². The van der Waals surface area contributed by atoms with Crippen molar-refractivity contribution in [3.8, 4) is 11.8 Å². The van der Waals surface area contributed by atoms with Gasteiger partial charge in [-0.2, -0.15) is 0 Å². The zero-order valence-corrected chi connectivity index (χ0v) is 13.0. The van der Waals surface area contributed by atoms with Gasteiger partial charge < -0.3 is 5.11 Å². The highest BCUT2D eigenvalue weighted by Crippen LogP contribution is 2.26. The van der Waals surface area contributed by atoms with Crippen LogP contribution >= 0.6 is 0 Å². The Balaban J connectivity index is 2.16. The Labute approximate surface area is 126 Å². The molecule has 4 nitrogen and oxygen atoms in total. The Kier molecular flexibility index (Phi) is 5.40. The van der Waals surface area contributed by atoms with Crippen LogP contribution in [0.1, 0.15) is 36.8 Å². The second-order valence-electron chi connectivity index (χ2n) is 5.40. The number of aryl methyl sites for hydroxylation is 1. The van der Waals surface area contributed by atoms with E-state index in [1.54, 1.807) is 25.1 Å². The van der Waals surface area contributed by atoms with Crippen LogP contribution in [0.25, 0.3) is 0 Å². The molecule has 0 unspecified atom stereocenters. The van der Waals surface area contributed by atoms with Gasteiger partial charge in [-0.3, -0.25) is 0 Å². The summed E-state index contributed by atoms with van der Waals surface area (Å²) in [5, 5.41) is 8.71. The van der Waals surface area contributed by atoms with E-state index >= 15 is 0 Å². The minimum Gasteiger partial charge on any atom is -0.395 e. The minimum absolute atomic E-state index is 0.00691. The molecule has 1 aliphatic carbocycles. The predicted molar refractivity (Wildman–Crippen MR) is 82.3 cm³/mol. The first kappa shape index (κ1) is 16.0. The lowest BCUT2D eigenvalue weighted by atomic mass is 9.86. The first-order valence-corrected chi connectivity index (χ1v) is 8.71. The van der Waals surface area contributed by atoms with Gasteiger partial charge in [-0.25, -0.2) is 13.1 Å². The second-order valence-corrected chi connectivity index (χ2v) is 7.14. The quantitative estimate of drug-likeness (QED) is 0.815. The van der Waals surface area contributed by atoms with Gasteiger partial charge in [0, 0.05) is 18.5 Å². The van der Waals surface area contributed by atoms with Gasteiger partial charge in [0.25, 0.3) is 0 Å². The first-order valence-electron chi connectivity index (χ1n) is 7.23. The molecule has 0 aromatic heterocycles. The third-order valence-corrected chi connectivity index (χ3v) is 5.30. The van der Waals surface area contributed by atoms with Crippen LogP contribution in [0.2, 0.25) is 0 Å². The van der Waals surface area contributed by atoms with E-state index in [1.165, 1.54) is 6.42 Å². The molecule has 1 aromatic rings. The monoisotopic (exact) mass is 307 g/mol. The van der Waals surface area contributed by atoms with E-state index in [4.69, 9.17) is 5.11 Å². The molecule has 1 saturated carbocycles. The fourth-order valence-electron chi connectivity index (χ4n) is 2.19. The minimum atomic E-state index is -3.48.